The van der Waals surface area contributed by atoms with Crippen molar-refractivity contribution in [1.82, 2.24) is 20.1 Å². The molecule has 1 amide bonds. The van der Waals surface area contributed by atoms with Crippen molar-refractivity contribution in [3.05, 3.63) is 42.0 Å². The maximum atomic E-state index is 11.4. The normalized spacial score (nSPS) is 10.2. The number of carbonyl (C=O) groups is 1. The number of nitrogens with two attached hydrogens (primary N) is 1. The van der Waals surface area contributed by atoms with E-state index >= 15 is 0 Å². The van der Waals surface area contributed by atoms with Crippen LogP contribution in [0.5, 0.6) is 0 Å². The first kappa shape index (κ1) is 11.3. The van der Waals surface area contributed by atoms with Crippen LogP contribution in [-0.4, -0.2) is 27.7 Å². The summed E-state index contributed by atoms with van der Waals surface area (Å²) in [5.74, 6) is -0.220. The molecule has 2 rings (SSSR count). The molecule has 2 aromatic heterocycles. The largest absolute Gasteiger partial charge is 0.354 e. The summed E-state index contributed by atoms with van der Waals surface area (Å²) in [7, 11) is 1.57. The standard InChI is InChI=1S/C11H13N5O/c1-13-11(17)9-3-5-16(15-9)10-7-14-4-2-8(10)6-12/h2-5,7H,6,12H2,1H3,(H,13,17). The lowest BCUT2D eigenvalue weighted by atomic mass is 10.2. The average Bonchev–Trinajstić information content (AvgIpc) is 2.87. The van der Waals surface area contributed by atoms with Crippen molar-refractivity contribution in [1.29, 1.82) is 0 Å². The molecule has 88 valence electrons. The van der Waals surface area contributed by atoms with Crippen molar-refractivity contribution in [2.24, 2.45) is 5.73 Å². The summed E-state index contributed by atoms with van der Waals surface area (Å²) in [6, 6.07) is 3.47. The summed E-state index contributed by atoms with van der Waals surface area (Å²) in [4.78, 5) is 15.4. The number of nitrogens with one attached hydrogen (secondary N) is 1. The molecular formula is C11H13N5O. The Morgan fingerprint density at radius 2 is 2.35 bits per heavy atom. The van der Waals surface area contributed by atoms with E-state index in [0.29, 0.717) is 12.2 Å². The van der Waals surface area contributed by atoms with Gasteiger partial charge in [-0.05, 0) is 17.7 Å². The van der Waals surface area contributed by atoms with E-state index in [2.05, 4.69) is 15.4 Å². The van der Waals surface area contributed by atoms with Gasteiger partial charge in [0.05, 0.1) is 11.9 Å². The molecule has 3 N–H and O–H groups in total. The molecule has 0 aliphatic rings. The highest BCUT2D eigenvalue weighted by atomic mass is 16.1. The van der Waals surface area contributed by atoms with Crippen LogP contribution < -0.4 is 11.1 Å². The molecule has 0 spiro atoms. The zero-order valence-corrected chi connectivity index (χ0v) is 9.42. The van der Waals surface area contributed by atoms with Crippen LogP contribution >= 0.6 is 0 Å². The van der Waals surface area contributed by atoms with Crippen LogP contribution in [0.15, 0.2) is 30.7 Å². The van der Waals surface area contributed by atoms with Crippen molar-refractivity contribution in [2.45, 2.75) is 6.54 Å². The molecule has 0 radical (unpaired) electrons. The Kier molecular flexibility index (Phi) is 3.15. The van der Waals surface area contributed by atoms with E-state index in [0.717, 1.165) is 11.3 Å². The van der Waals surface area contributed by atoms with Crippen molar-refractivity contribution < 1.29 is 4.79 Å². The summed E-state index contributed by atoms with van der Waals surface area (Å²) in [5.41, 5.74) is 7.70. The van der Waals surface area contributed by atoms with E-state index < -0.39 is 0 Å². The average molecular weight is 231 g/mol. The third-order valence-corrected chi connectivity index (χ3v) is 2.40. The van der Waals surface area contributed by atoms with Crippen molar-refractivity contribution in [3.63, 3.8) is 0 Å². The zero-order valence-electron chi connectivity index (χ0n) is 9.42. The van der Waals surface area contributed by atoms with E-state index in [1.165, 1.54) is 0 Å². The van der Waals surface area contributed by atoms with Gasteiger partial charge in [0, 0.05) is 26.0 Å². The van der Waals surface area contributed by atoms with Gasteiger partial charge in [-0.15, -0.1) is 0 Å². The van der Waals surface area contributed by atoms with E-state index in [9.17, 15) is 4.79 Å². The number of hydrogen-bond donors (Lipinski definition) is 2. The van der Waals surface area contributed by atoms with E-state index in [1.807, 2.05) is 6.07 Å². The summed E-state index contributed by atoms with van der Waals surface area (Å²) in [5, 5.41) is 6.69. The number of rotatable bonds is 3. The SMILES string of the molecule is CNC(=O)c1ccn(-c2cnccc2CN)n1. The number of nitrogens with zero attached hydrogens (tertiary/aromatic N) is 3. The molecule has 6 heteroatoms. The van der Waals surface area contributed by atoms with Crippen LogP contribution in [0.3, 0.4) is 0 Å². The Bertz CT molecular complexity index is 534. The van der Waals surface area contributed by atoms with Crippen LogP contribution in [0.1, 0.15) is 16.1 Å². The smallest absolute Gasteiger partial charge is 0.271 e. The minimum Gasteiger partial charge on any atom is -0.354 e. The van der Waals surface area contributed by atoms with Crippen LogP contribution in [0.2, 0.25) is 0 Å². The number of pyridine rings is 1. The first-order chi connectivity index (χ1) is 8.26. The van der Waals surface area contributed by atoms with Gasteiger partial charge in [0.2, 0.25) is 0 Å². The topological polar surface area (TPSA) is 85.8 Å². The van der Waals surface area contributed by atoms with Gasteiger partial charge < -0.3 is 11.1 Å². The molecule has 0 fully saturated rings. The second-order valence-corrected chi connectivity index (χ2v) is 3.43. The lowest BCUT2D eigenvalue weighted by Gasteiger charge is -2.06. The minimum absolute atomic E-state index is 0.220. The number of aromatic nitrogens is 3. The lowest BCUT2D eigenvalue weighted by Crippen LogP contribution is -2.18. The molecule has 2 aromatic rings. The molecule has 0 aliphatic carbocycles. The van der Waals surface area contributed by atoms with Crippen molar-refractivity contribution in [3.8, 4) is 5.69 Å². The minimum atomic E-state index is -0.220. The molecule has 0 saturated heterocycles. The Hall–Kier alpha value is -2.21. The molecule has 0 aromatic carbocycles. The number of amides is 1. The maximum Gasteiger partial charge on any atom is 0.271 e. The van der Waals surface area contributed by atoms with Gasteiger partial charge >= 0.3 is 0 Å². The highest BCUT2D eigenvalue weighted by Crippen LogP contribution is 2.11. The van der Waals surface area contributed by atoms with Crippen LogP contribution in [0.25, 0.3) is 5.69 Å². The van der Waals surface area contributed by atoms with Gasteiger partial charge in [0.1, 0.15) is 0 Å². The highest BCUT2D eigenvalue weighted by molar-refractivity contribution is 5.91. The monoisotopic (exact) mass is 231 g/mol. The first-order valence-corrected chi connectivity index (χ1v) is 5.17. The van der Waals surface area contributed by atoms with Gasteiger partial charge in [-0.2, -0.15) is 5.10 Å². The highest BCUT2D eigenvalue weighted by Gasteiger charge is 2.09. The van der Waals surface area contributed by atoms with Gasteiger partial charge in [-0.1, -0.05) is 0 Å². The fraction of sp³-hybridized carbons (Fsp3) is 0.182. The number of hydrogen-bond acceptors (Lipinski definition) is 4. The Morgan fingerprint density at radius 1 is 1.53 bits per heavy atom. The third kappa shape index (κ3) is 2.16. The van der Waals surface area contributed by atoms with Gasteiger partial charge in [-0.25, -0.2) is 4.68 Å². The quantitative estimate of drug-likeness (QED) is 0.783. The molecule has 0 saturated carbocycles. The zero-order chi connectivity index (χ0) is 12.3. The van der Waals surface area contributed by atoms with Crippen molar-refractivity contribution in [2.75, 3.05) is 7.05 Å². The molecule has 6 nitrogen and oxygen atoms in total. The Labute approximate surface area is 98.5 Å². The van der Waals surface area contributed by atoms with Gasteiger partial charge in [-0.3, -0.25) is 9.78 Å². The van der Waals surface area contributed by atoms with E-state index in [-0.39, 0.29) is 5.91 Å². The predicted octanol–water partition coefficient (Wildman–Crippen LogP) is 0.0856. The molecule has 17 heavy (non-hydrogen) atoms. The maximum absolute atomic E-state index is 11.4. The number of carbonyl (C=O) groups excluding carboxylic acids is 1. The summed E-state index contributed by atoms with van der Waals surface area (Å²) >= 11 is 0. The Morgan fingerprint density at radius 3 is 3.06 bits per heavy atom. The van der Waals surface area contributed by atoms with Gasteiger partial charge in [0.15, 0.2) is 5.69 Å². The molecule has 0 atom stereocenters. The lowest BCUT2D eigenvalue weighted by molar-refractivity contribution is 0.0957. The van der Waals surface area contributed by atoms with Gasteiger partial charge in [0.25, 0.3) is 5.91 Å². The van der Waals surface area contributed by atoms with E-state index in [1.54, 1.807) is 36.4 Å². The fourth-order valence-corrected chi connectivity index (χ4v) is 1.50. The predicted molar refractivity (Wildman–Crippen MR) is 62.6 cm³/mol. The van der Waals surface area contributed by atoms with Crippen LogP contribution in [-0.2, 0) is 6.54 Å². The van der Waals surface area contributed by atoms with E-state index in [4.69, 9.17) is 5.73 Å². The van der Waals surface area contributed by atoms with Crippen molar-refractivity contribution >= 4 is 5.91 Å². The second kappa shape index (κ2) is 4.75. The summed E-state index contributed by atoms with van der Waals surface area (Å²) < 4.78 is 1.60. The fourth-order valence-electron chi connectivity index (χ4n) is 1.50. The van der Waals surface area contributed by atoms with Crippen LogP contribution in [0, 0.1) is 0 Å². The summed E-state index contributed by atoms with van der Waals surface area (Å²) in [6.45, 7) is 0.396. The summed E-state index contributed by atoms with van der Waals surface area (Å²) in [6.07, 6.45) is 5.05. The van der Waals surface area contributed by atoms with Crippen LogP contribution in [0.4, 0.5) is 0 Å². The first-order valence-electron chi connectivity index (χ1n) is 5.17. The molecule has 0 aliphatic heterocycles. The molecule has 2 heterocycles. The molecular weight excluding hydrogens is 218 g/mol. The third-order valence-electron chi connectivity index (χ3n) is 2.40. The Balaban J connectivity index is 2.40. The molecule has 0 bridgehead atoms. The second-order valence-electron chi connectivity index (χ2n) is 3.43. The molecule has 0 unspecified atom stereocenters.